The second kappa shape index (κ2) is 10.3. The average molecular weight is 467 g/mol. The first-order valence-electron chi connectivity index (χ1n) is 10.3. The molecule has 0 heterocycles. The summed E-state index contributed by atoms with van der Waals surface area (Å²) < 4.78 is 29.6. The maximum absolute atomic E-state index is 12.9. The van der Waals surface area contributed by atoms with E-state index in [1.54, 1.807) is 66.7 Å². The third-order valence-electron chi connectivity index (χ3n) is 4.92. The minimum atomic E-state index is -3.87. The molecule has 0 aliphatic rings. The molecule has 0 fully saturated rings. The lowest BCUT2D eigenvalue weighted by molar-refractivity contribution is -0.123. The van der Waals surface area contributed by atoms with Crippen LogP contribution in [0.2, 0.25) is 0 Å². The van der Waals surface area contributed by atoms with Gasteiger partial charge in [0.15, 0.2) is 6.10 Å². The number of nitrogen functional groups attached to an aromatic ring is 1. The quantitative estimate of drug-likeness (QED) is 0.281. The molecule has 0 aliphatic carbocycles. The predicted molar refractivity (Wildman–Crippen MR) is 129 cm³/mol. The van der Waals surface area contributed by atoms with Crippen molar-refractivity contribution >= 4 is 27.5 Å². The summed E-state index contributed by atoms with van der Waals surface area (Å²) in [6, 6.07) is 20.0. The Bertz CT molecular complexity index is 1260. The second-order valence-corrected chi connectivity index (χ2v) is 8.97. The Morgan fingerprint density at radius 3 is 2.39 bits per heavy atom. The van der Waals surface area contributed by atoms with Gasteiger partial charge in [0, 0.05) is 16.8 Å². The van der Waals surface area contributed by atoms with Crippen LogP contribution in [0.1, 0.15) is 25.3 Å². The molecule has 0 saturated carbocycles. The number of nitrogens with two attached hydrogens (primary N) is 2. The Morgan fingerprint density at radius 1 is 1.06 bits per heavy atom. The van der Waals surface area contributed by atoms with Crippen molar-refractivity contribution < 1.29 is 17.9 Å². The first-order valence-corrected chi connectivity index (χ1v) is 11.9. The molecule has 33 heavy (non-hydrogen) atoms. The Morgan fingerprint density at radius 2 is 1.76 bits per heavy atom. The zero-order valence-corrected chi connectivity index (χ0v) is 18.9. The lowest BCUT2D eigenvalue weighted by Gasteiger charge is -2.19. The highest BCUT2D eigenvalue weighted by Gasteiger charge is 2.20. The number of nitrogens with one attached hydrogen (secondary N) is 2. The van der Waals surface area contributed by atoms with E-state index >= 15 is 0 Å². The normalized spacial score (nSPS) is 12.1. The van der Waals surface area contributed by atoms with Gasteiger partial charge in [-0.15, -0.1) is 0 Å². The van der Waals surface area contributed by atoms with Gasteiger partial charge in [-0.25, -0.2) is 13.6 Å². The molecule has 0 saturated heterocycles. The number of hydrogen-bond acceptors (Lipinski definition) is 5. The Labute approximate surface area is 193 Å². The van der Waals surface area contributed by atoms with Crippen molar-refractivity contribution in [1.29, 1.82) is 5.41 Å². The fourth-order valence-electron chi connectivity index (χ4n) is 3.32. The molecule has 6 N–H and O–H groups in total. The van der Waals surface area contributed by atoms with Crippen LogP contribution in [0, 0.1) is 5.41 Å². The molecule has 3 aromatic rings. The van der Waals surface area contributed by atoms with Gasteiger partial charge in [-0.05, 0) is 42.3 Å². The molecule has 0 aliphatic heterocycles. The van der Waals surface area contributed by atoms with Crippen molar-refractivity contribution in [3.63, 3.8) is 0 Å². The number of carbonyl (C=O) groups is 1. The van der Waals surface area contributed by atoms with Gasteiger partial charge < -0.3 is 15.8 Å². The number of benzene rings is 3. The fraction of sp³-hybridized carbons (Fsp3) is 0.167. The maximum Gasteiger partial charge on any atom is 0.265 e. The first-order chi connectivity index (χ1) is 15.7. The van der Waals surface area contributed by atoms with Crippen molar-refractivity contribution in [1.82, 2.24) is 0 Å². The molecule has 0 aromatic heterocycles. The number of amides is 1. The van der Waals surface area contributed by atoms with E-state index < -0.39 is 16.1 Å². The zero-order chi connectivity index (χ0) is 24.0. The van der Waals surface area contributed by atoms with E-state index in [4.69, 9.17) is 21.0 Å². The summed E-state index contributed by atoms with van der Waals surface area (Å²) in [7, 11) is -3.87. The molecular formula is C24H26N4O4S. The SMILES string of the molecule is CCCC(Oc1cccc(C(=N)N)c1)C(=O)Nc1ccc(-c2ccccc2S(N)(=O)=O)cc1. The van der Waals surface area contributed by atoms with Crippen LogP contribution in [0.25, 0.3) is 11.1 Å². The van der Waals surface area contributed by atoms with Gasteiger partial charge in [-0.3, -0.25) is 10.2 Å². The molecule has 0 spiro atoms. The second-order valence-electron chi connectivity index (χ2n) is 7.44. The summed E-state index contributed by atoms with van der Waals surface area (Å²) in [5.41, 5.74) is 7.72. The summed E-state index contributed by atoms with van der Waals surface area (Å²) >= 11 is 0. The predicted octanol–water partition coefficient (Wildman–Crippen LogP) is 3.47. The summed E-state index contributed by atoms with van der Waals surface area (Å²) in [5, 5.41) is 15.7. The Kier molecular flexibility index (Phi) is 7.47. The number of anilines is 1. The minimum absolute atomic E-state index is 0.0333. The number of carbonyl (C=O) groups excluding carboxylic acids is 1. The average Bonchev–Trinajstić information content (AvgIpc) is 2.79. The van der Waals surface area contributed by atoms with Gasteiger partial charge >= 0.3 is 0 Å². The summed E-state index contributed by atoms with van der Waals surface area (Å²) in [5.74, 6) is 0.0510. The van der Waals surface area contributed by atoms with Crippen LogP contribution in [0.5, 0.6) is 5.75 Å². The summed E-state index contributed by atoms with van der Waals surface area (Å²) in [4.78, 5) is 12.9. The number of rotatable bonds is 9. The summed E-state index contributed by atoms with van der Waals surface area (Å²) in [6.45, 7) is 1.95. The minimum Gasteiger partial charge on any atom is -0.481 e. The summed E-state index contributed by atoms with van der Waals surface area (Å²) in [6.07, 6.45) is 0.490. The van der Waals surface area contributed by atoms with Crippen molar-refractivity contribution in [3.8, 4) is 16.9 Å². The van der Waals surface area contributed by atoms with Crippen molar-refractivity contribution in [2.24, 2.45) is 10.9 Å². The largest absolute Gasteiger partial charge is 0.481 e. The van der Waals surface area contributed by atoms with Crippen LogP contribution in [-0.4, -0.2) is 26.3 Å². The Balaban J connectivity index is 1.76. The number of primary sulfonamides is 1. The van der Waals surface area contributed by atoms with E-state index in [0.29, 0.717) is 34.5 Å². The third kappa shape index (κ3) is 6.18. The van der Waals surface area contributed by atoms with Gasteiger partial charge in [0.05, 0.1) is 4.90 Å². The Hall–Kier alpha value is -3.69. The monoisotopic (exact) mass is 466 g/mol. The topological polar surface area (TPSA) is 148 Å². The maximum atomic E-state index is 12.9. The first kappa shape index (κ1) is 24.0. The highest BCUT2D eigenvalue weighted by atomic mass is 32.2. The molecule has 1 unspecified atom stereocenters. The molecule has 0 radical (unpaired) electrons. The lowest BCUT2D eigenvalue weighted by atomic mass is 10.1. The van der Waals surface area contributed by atoms with Gasteiger partial charge in [0.25, 0.3) is 5.91 Å². The van der Waals surface area contributed by atoms with E-state index in [-0.39, 0.29) is 16.6 Å². The molecule has 3 rings (SSSR count). The molecule has 3 aromatic carbocycles. The van der Waals surface area contributed by atoms with Crippen LogP contribution in [0.3, 0.4) is 0 Å². The number of sulfonamides is 1. The van der Waals surface area contributed by atoms with Crippen LogP contribution in [0.4, 0.5) is 5.69 Å². The molecule has 1 amide bonds. The molecule has 9 heteroatoms. The van der Waals surface area contributed by atoms with Gasteiger partial charge in [0.2, 0.25) is 10.0 Å². The van der Waals surface area contributed by atoms with Gasteiger partial charge in [-0.1, -0.05) is 55.8 Å². The number of ether oxygens (including phenoxy) is 1. The van der Waals surface area contributed by atoms with Crippen LogP contribution < -0.4 is 20.9 Å². The van der Waals surface area contributed by atoms with Crippen LogP contribution in [0.15, 0.2) is 77.7 Å². The van der Waals surface area contributed by atoms with E-state index in [0.717, 1.165) is 6.42 Å². The van der Waals surface area contributed by atoms with E-state index in [1.807, 2.05) is 6.92 Å². The fourth-order valence-corrected chi connectivity index (χ4v) is 4.08. The third-order valence-corrected chi connectivity index (χ3v) is 5.89. The van der Waals surface area contributed by atoms with Gasteiger partial charge in [0.1, 0.15) is 11.6 Å². The molecular weight excluding hydrogens is 440 g/mol. The van der Waals surface area contributed by atoms with Gasteiger partial charge in [-0.2, -0.15) is 0 Å². The van der Waals surface area contributed by atoms with Crippen molar-refractivity contribution in [3.05, 3.63) is 78.4 Å². The van der Waals surface area contributed by atoms with Crippen molar-refractivity contribution in [2.45, 2.75) is 30.8 Å². The lowest BCUT2D eigenvalue weighted by Crippen LogP contribution is -2.33. The number of hydrogen-bond donors (Lipinski definition) is 4. The van der Waals surface area contributed by atoms with Crippen LogP contribution >= 0.6 is 0 Å². The van der Waals surface area contributed by atoms with Crippen molar-refractivity contribution in [2.75, 3.05) is 5.32 Å². The van der Waals surface area contributed by atoms with E-state index in [2.05, 4.69) is 5.32 Å². The van der Waals surface area contributed by atoms with E-state index in [1.165, 1.54) is 6.07 Å². The molecule has 8 nitrogen and oxygen atoms in total. The van der Waals surface area contributed by atoms with E-state index in [9.17, 15) is 13.2 Å². The highest BCUT2D eigenvalue weighted by molar-refractivity contribution is 7.89. The zero-order valence-electron chi connectivity index (χ0n) is 18.1. The molecule has 0 bridgehead atoms. The van der Waals surface area contributed by atoms with Crippen LogP contribution in [-0.2, 0) is 14.8 Å². The number of amidine groups is 1. The standard InChI is InChI=1S/C24H26N4O4S/c1-2-6-21(32-19-8-5-7-17(15-19)23(25)26)24(29)28-18-13-11-16(12-14-18)20-9-3-4-10-22(20)33(27,30)31/h3-5,7-15,21H,2,6H2,1H3,(H3,25,26)(H,28,29)(H2,27,30,31). The molecule has 172 valence electrons. The molecule has 1 atom stereocenters. The highest BCUT2D eigenvalue weighted by Crippen LogP contribution is 2.27. The smallest absolute Gasteiger partial charge is 0.265 e.